The molecule has 0 amide bonds. The van der Waals surface area contributed by atoms with E-state index in [2.05, 4.69) is 35.1 Å². The lowest BCUT2D eigenvalue weighted by Crippen LogP contribution is -2.42. The highest BCUT2D eigenvalue weighted by Crippen LogP contribution is 2.30. The fraction of sp³-hybridized carbons (Fsp3) is 0.647. The Bertz CT molecular complexity index is 454. The van der Waals surface area contributed by atoms with E-state index in [1.807, 2.05) is 6.07 Å². The minimum absolute atomic E-state index is 0.184. The van der Waals surface area contributed by atoms with Gasteiger partial charge in [0.2, 0.25) is 0 Å². The van der Waals surface area contributed by atoms with Crippen LogP contribution in [0.1, 0.15) is 38.7 Å². The highest BCUT2D eigenvalue weighted by atomic mass is 79.9. The van der Waals surface area contributed by atoms with E-state index in [-0.39, 0.29) is 5.82 Å². The number of nitrogens with one attached hydrogen (secondary N) is 1. The smallest absolute Gasteiger partial charge is 0.137 e. The molecule has 0 radical (unpaired) electrons. The normalized spacial score (nSPS) is 23.4. The van der Waals surface area contributed by atoms with Crippen LogP contribution in [0, 0.1) is 11.7 Å². The molecule has 3 unspecified atom stereocenters. The molecule has 1 aliphatic rings. The molecule has 118 valence electrons. The van der Waals surface area contributed by atoms with Gasteiger partial charge in [0.05, 0.1) is 10.6 Å². The zero-order chi connectivity index (χ0) is 15.2. The van der Waals surface area contributed by atoms with E-state index in [1.54, 1.807) is 6.07 Å². The van der Waals surface area contributed by atoms with E-state index >= 15 is 0 Å². The molecule has 1 fully saturated rings. The number of benzene rings is 1. The van der Waals surface area contributed by atoms with Crippen molar-refractivity contribution < 1.29 is 9.13 Å². The van der Waals surface area contributed by atoms with Crippen molar-refractivity contribution in [1.82, 2.24) is 5.32 Å². The topological polar surface area (TPSA) is 21.3 Å². The molecule has 1 heterocycles. The highest BCUT2D eigenvalue weighted by Gasteiger charge is 2.33. The first-order valence-electron chi connectivity index (χ1n) is 7.95. The second kappa shape index (κ2) is 8.25. The van der Waals surface area contributed by atoms with Crippen molar-refractivity contribution in [2.45, 2.75) is 51.7 Å². The number of ether oxygens (including phenoxy) is 1. The zero-order valence-corrected chi connectivity index (χ0v) is 14.5. The molecule has 0 saturated carbocycles. The van der Waals surface area contributed by atoms with Gasteiger partial charge in [0, 0.05) is 18.6 Å². The summed E-state index contributed by atoms with van der Waals surface area (Å²) in [6, 6.07) is 5.63. The van der Waals surface area contributed by atoms with Gasteiger partial charge in [-0.3, -0.25) is 0 Å². The summed E-state index contributed by atoms with van der Waals surface area (Å²) in [6.07, 6.45) is 4.40. The molecule has 0 aromatic heterocycles. The summed E-state index contributed by atoms with van der Waals surface area (Å²) in [5, 5.41) is 3.65. The predicted molar refractivity (Wildman–Crippen MR) is 88.0 cm³/mol. The first kappa shape index (κ1) is 16.9. The Morgan fingerprint density at radius 1 is 1.43 bits per heavy atom. The molecule has 1 aliphatic heterocycles. The number of rotatable bonds is 7. The molecule has 3 atom stereocenters. The minimum Gasteiger partial charge on any atom is -0.378 e. The lowest BCUT2D eigenvalue weighted by Gasteiger charge is -2.28. The second-order valence-corrected chi connectivity index (χ2v) is 6.54. The standard InChI is InChI=1S/C17H25BrFNO/c1-3-9-20-15(13-8-10-21-16(13)4-2)11-12-6-5-7-14(19)17(12)18/h5-7,13,15-16,20H,3-4,8-11H2,1-2H3. The van der Waals surface area contributed by atoms with E-state index in [0.29, 0.717) is 22.5 Å². The Morgan fingerprint density at radius 3 is 2.95 bits per heavy atom. The third-order valence-electron chi connectivity index (χ3n) is 4.31. The van der Waals surface area contributed by atoms with Crippen molar-refractivity contribution >= 4 is 15.9 Å². The maximum atomic E-state index is 13.7. The van der Waals surface area contributed by atoms with Gasteiger partial charge in [-0.1, -0.05) is 26.0 Å². The molecule has 1 aromatic carbocycles. The van der Waals surface area contributed by atoms with Crippen LogP contribution in [-0.2, 0) is 11.2 Å². The van der Waals surface area contributed by atoms with Crippen LogP contribution in [0.3, 0.4) is 0 Å². The maximum Gasteiger partial charge on any atom is 0.137 e. The molecule has 1 saturated heterocycles. The molecular weight excluding hydrogens is 333 g/mol. The molecule has 2 nitrogen and oxygen atoms in total. The van der Waals surface area contributed by atoms with Gasteiger partial charge in [-0.25, -0.2) is 4.39 Å². The summed E-state index contributed by atoms with van der Waals surface area (Å²) < 4.78 is 20.1. The SMILES string of the molecule is CCCNC(Cc1cccc(F)c1Br)C1CCOC1CC. The van der Waals surface area contributed by atoms with Crippen molar-refractivity contribution in [2.24, 2.45) is 5.92 Å². The summed E-state index contributed by atoms with van der Waals surface area (Å²) >= 11 is 3.38. The van der Waals surface area contributed by atoms with Gasteiger partial charge < -0.3 is 10.1 Å². The number of hydrogen-bond acceptors (Lipinski definition) is 2. The van der Waals surface area contributed by atoms with Gasteiger partial charge in [0.25, 0.3) is 0 Å². The summed E-state index contributed by atoms with van der Waals surface area (Å²) in [6.45, 7) is 6.19. The fourth-order valence-corrected chi connectivity index (χ4v) is 3.62. The van der Waals surface area contributed by atoms with E-state index in [1.165, 1.54) is 6.07 Å². The van der Waals surface area contributed by atoms with Gasteiger partial charge in [-0.05, 0) is 59.8 Å². The quantitative estimate of drug-likeness (QED) is 0.784. The Labute approximate surface area is 135 Å². The summed E-state index contributed by atoms with van der Waals surface area (Å²) in [7, 11) is 0. The van der Waals surface area contributed by atoms with Crippen molar-refractivity contribution in [3.63, 3.8) is 0 Å². The largest absolute Gasteiger partial charge is 0.378 e. The van der Waals surface area contributed by atoms with Crippen molar-refractivity contribution in [2.75, 3.05) is 13.2 Å². The molecule has 0 bridgehead atoms. The van der Waals surface area contributed by atoms with Crippen molar-refractivity contribution in [3.05, 3.63) is 34.1 Å². The summed E-state index contributed by atoms with van der Waals surface area (Å²) in [5.74, 6) is 0.327. The van der Waals surface area contributed by atoms with E-state index < -0.39 is 0 Å². The summed E-state index contributed by atoms with van der Waals surface area (Å²) in [5.41, 5.74) is 1.03. The predicted octanol–water partition coefficient (Wildman–Crippen LogP) is 4.31. The van der Waals surface area contributed by atoms with Crippen LogP contribution in [-0.4, -0.2) is 25.3 Å². The second-order valence-electron chi connectivity index (χ2n) is 5.75. The first-order chi connectivity index (χ1) is 10.2. The van der Waals surface area contributed by atoms with Crippen molar-refractivity contribution in [3.8, 4) is 0 Å². The lowest BCUT2D eigenvalue weighted by molar-refractivity contribution is 0.0774. The fourth-order valence-electron chi connectivity index (χ4n) is 3.19. The van der Waals surface area contributed by atoms with Crippen LogP contribution in [0.5, 0.6) is 0 Å². The molecule has 1 aromatic rings. The van der Waals surface area contributed by atoms with Crippen LogP contribution in [0.15, 0.2) is 22.7 Å². The molecule has 1 N–H and O–H groups in total. The van der Waals surface area contributed by atoms with Crippen molar-refractivity contribution in [1.29, 1.82) is 0 Å². The lowest BCUT2D eigenvalue weighted by atomic mass is 9.87. The van der Waals surface area contributed by atoms with E-state index in [4.69, 9.17) is 4.74 Å². The molecule has 4 heteroatoms. The minimum atomic E-state index is -0.184. The average molecular weight is 358 g/mol. The Morgan fingerprint density at radius 2 is 2.24 bits per heavy atom. The molecule has 21 heavy (non-hydrogen) atoms. The maximum absolute atomic E-state index is 13.7. The third kappa shape index (κ3) is 4.27. The molecule has 2 rings (SSSR count). The Hall–Kier alpha value is -0.450. The van der Waals surface area contributed by atoms with Crippen LogP contribution in [0.2, 0.25) is 0 Å². The number of hydrogen-bond donors (Lipinski definition) is 1. The van der Waals surface area contributed by atoms with Crippen LogP contribution in [0.25, 0.3) is 0 Å². The van der Waals surface area contributed by atoms with Crippen LogP contribution in [0.4, 0.5) is 4.39 Å². The summed E-state index contributed by atoms with van der Waals surface area (Å²) in [4.78, 5) is 0. The van der Waals surface area contributed by atoms with E-state index in [9.17, 15) is 4.39 Å². The van der Waals surface area contributed by atoms with Gasteiger partial charge in [0.15, 0.2) is 0 Å². The molecular formula is C17H25BrFNO. The first-order valence-corrected chi connectivity index (χ1v) is 8.74. The van der Waals surface area contributed by atoms with Gasteiger partial charge >= 0.3 is 0 Å². The van der Waals surface area contributed by atoms with E-state index in [0.717, 1.165) is 44.4 Å². The average Bonchev–Trinajstić information content (AvgIpc) is 2.96. The monoisotopic (exact) mass is 357 g/mol. The van der Waals surface area contributed by atoms with Gasteiger partial charge in [0.1, 0.15) is 5.82 Å². The Balaban J connectivity index is 2.14. The van der Waals surface area contributed by atoms with Crippen LogP contribution >= 0.6 is 15.9 Å². The Kier molecular flexibility index (Phi) is 6.65. The number of halogens is 2. The molecule has 0 aliphatic carbocycles. The molecule has 0 spiro atoms. The zero-order valence-electron chi connectivity index (χ0n) is 12.9. The van der Waals surface area contributed by atoms with Crippen LogP contribution < -0.4 is 5.32 Å². The highest BCUT2D eigenvalue weighted by molar-refractivity contribution is 9.10. The van der Waals surface area contributed by atoms with Gasteiger partial charge in [-0.15, -0.1) is 0 Å². The van der Waals surface area contributed by atoms with Gasteiger partial charge in [-0.2, -0.15) is 0 Å². The third-order valence-corrected chi connectivity index (χ3v) is 5.20.